The van der Waals surface area contributed by atoms with Crippen molar-refractivity contribution in [3.63, 3.8) is 0 Å². The maximum absolute atomic E-state index is 10.2. The van der Waals surface area contributed by atoms with Gasteiger partial charge in [0, 0.05) is 11.5 Å². The first-order chi connectivity index (χ1) is 8.77. The first-order valence-corrected chi connectivity index (χ1v) is 6.07. The van der Waals surface area contributed by atoms with Gasteiger partial charge in [-0.05, 0) is 24.6 Å². The molecule has 0 aliphatic rings. The SMILES string of the molecule is C[C@@H](C#Cc1ccccc1)[C@H](O)c1ccccc1. The van der Waals surface area contributed by atoms with Crippen LogP contribution in [0.1, 0.15) is 24.2 Å². The highest BCUT2D eigenvalue weighted by molar-refractivity contribution is 5.34. The van der Waals surface area contributed by atoms with Gasteiger partial charge in [0.2, 0.25) is 0 Å². The second kappa shape index (κ2) is 6.05. The molecule has 0 aliphatic carbocycles. The molecule has 0 saturated carbocycles. The van der Waals surface area contributed by atoms with E-state index in [1.807, 2.05) is 67.6 Å². The van der Waals surface area contributed by atoms with Crippen LogP contribution in [0, 0.1) is 17.8 Å². The molecule has 0 saturated heterocycles. The minimum absolute atomic E-state index is 0.0902. The lowest BCUT2D eigenvalue weighted by Crippen LogP contribution is -2.06. The van der Waals surface area contributed by atoms with Crippen molar-refractivity contribution in [1.82, 2.24) is 0 Å². The minimum atomic E-state index is -0.539. The van der Waals surface area contributed by atoms with Gasteiger partial charge >= 0.3 is 0 Å². The van der Waals surface area contributed by atoms with Crippen LogP contribution in [0.5, 0.6) is 0 Å². The fourth-order valence-corrected chi connectivity index (χ4v) is 1.74. The molecule has 0 aliphatic heterocycles. The number of aliphatic hydroxyl groups is 1. The van der Waals surface area contributed by atoms with E-state index >= 15 is 0 Å². The molecule has 0 unspecified atom stereocenters. The van der Waals surface area contributed by atoms with Gasteiger partial charge in [0.1, 0.15) is 0 Å². The Hall–Kier alpha value is -2.04. The van der Waals surface area contributed by atoms with Crippen LogP contribution in [0.4, 0.5) is 0 Å². The molecule has 0 bridgehead atoms. The van der Waals surface area contributed by atoms with E-state index in [9.17, 15) is 5.11 Å². The van der Waals surface area contributed by atoms with Crippen molar-refractivity contribution in [2.75, 3.05) is 0 Å². The molecule has 1 N–H and O–H groups in total. The summed E-state index contributed by atoms with van der Waals surface area (Å²) in [7, 11) is 0. The van der Waals surface area contributed by atoms with Crippen molar-refractivity contribution >= 4 is 0 Å². The van der Waals surface area contributed by atoms with Crippen molar-refractivity contribution in [1.29, 1.82) is 0 Å². The molecule has 2 atom stereocenters. The Balaban J connectivity index is 2.09. The molecule has 1 nitrogen and oxygen atoms in total. The average Bonchev–Trinajstić information content (AvgIpc) is 2.46. The normalized spacial score (nSPS) is 13.2. The molecular weight excluding hydrogens is 220 g/mol. The van der Waals surface area contributed by atoms with Crippen LogP contribution < -0.4 is 0 Å². The summed E-state index contributed by atoms with van der Waals surface area (Å²) in [5.74, 6) is 6.09. The zero-order valence-electron chi connectivity index (χ0n) is 10.4. The summed E-state index contributed by atoms with van der Waals surface area (Å²) in [6.45, 7) is 1.94. The van der Waals surface area contributed by atoms with Crippen LogP contribution in [0.3, 0.4) is 0 Å². The Morgan fingerprint density at radius 3 is 2.06 bits per heavy atom. The van der Waals surface area contributed by atoms with Gasteiger partial charge in [-0.15, -0.1) is 0 Å². The molecule has 2 aromatic rings. The van der Waals surface area contributed by atoms with Crippen molar-refractivity contribution in [3.8, 4) is 11.8 Å². The number of hydrogen-bond donors (Lipinski definition) is 1. The van der Waals surface area contributed by atoms with Gasteiger partial charge in [-0.3, -0.25) is 0 Å². The molecule has 0 radical (unpaired) electrons. The zero-order chi connectivity index (χ0) is 12.8. The van der Waals surface area contributed by atoms with Crippen LogP contribution in [0.25, 0.3) is 0 Å². The monoisotopic (exact) mass is 236 g/mol. The van der Waals surface area contributed by atoms with Gasteiger partial charge in [-0.1, -0.05) is 60.4 Å². The molecule has 0 fully saturated rings. The molecular formula is C17H16O. The summed E-state index contributed by atoms with van der Waals surface area (Å²) in [4.78, 5) is 0. The van der Waals surface area contributed by atoms with E-state index < -0.39 is 6.10 Å². The molecule has 2 rings (SSSR count). The van der Waals surface area contributed by atoms with Crippen molar-refractivity contribution < 1.29 is 5.11 Å². The van der Waals surface area contributed by atoms with Gasteiger partial charge in [0.05, 0.1) is 6.10 Å². The van der Waals surface area contributed by atoms with Crippen molar-refractivity contribution in [2.45, 2.75) is 13.0 Å². The molecule has 18 heavy (non-hydrogen) atoms. The van der Waals surface area contributed by atoms with E-state index in [0.29, 0.717) is 0 Å². The fraction of sp³-hybridized carbons (Fsp3) is 0.176. The van der Waals surface area contributed by atoms with E-state index in [1.165, 1.54) is 0 Å². The Morgan fingerprint density at radius 1 is 0.889 bits per heavy atom. The van der Waals surface area contributed by atoms with E-state index in [-0.39, 0.29) is 5.92 Å². The molecule has 90 valence electrons. The second-order valence-corrected chi connectivity index (χ2v) is 4.28. The first-order valence-electron chi connectivity index (χ1n) is 6.07. The van der Waals surface area contributed by atoms with Gasteiger partial charge < -0.3 is 5.11 Å². The highest BCUT2D eigenvalue weighted by atomic mass is 16.3. The van der Waals surface area contributed by atoms with E-state index in [2.05, 4.69) is 11.8 Å². The van der Waals surface area contributed by atoms with E-state index in [1.54, 1.807) is 0 Å². The molecule has 1 heteroatoms. The predicted octanol–water partition coefficient (Wildman–Crippen LogP) is 3.41. The van der Waals surface area contributed by atoms with Crippen LogP contribution in [-0.4, -0.2) is 5.11 Å². The zero-order valence-corrected chi connectivity index (χ0v) is 10.4. The molecule has 2 aromatic carbocycles. The fourth-order valence-electron chi connectivity index (χ4n) is 1.74. The minimum Gasteiger partial charge on any atom is -0.387 e. The Bertz CT molecular complexity index is 534. The van der Waals surface area contributed by atoms with E-state index in [0.717, 1.165) is 11.1 Å². The first kappa shape index (κ1) is 12.4. The van der Waals surface area contributed by atoms with Crippen molar-refractivity contribution in [2.24, 2.45) is 5.92 Å². The summed E-state index contributed by atoms with van der Waals surface area (Å²) in [5, 5.41) is 10.2. The maximum Gasteiger partial charge on any atom is 0.0924 e. The second-order valence-electron chi connectivity index (χ2n) is 4.28. The number of rotatable bonds is 2. The Kier molecular flexibility index (Phi) is 4.17. The lowest BCUT2D eigenvalue weighted by Gasteiger charge is -2.13. The summed E-state index contributed by atoms with van der Waals surface area (Å²) in [5.41, 5.74) is 1.89. The van der Waals surface area contributed by atoms with Crippen LogP contribution in [-0.2, 0) is 0 Å². The number of hydrogen-bond acceptors (Lipinski definition) is 1. The van der Waals surface area contributed by atoms with Gasteiger partial charge in [0.15, 0.2) is 0 Å². The lowest BCUT2D eigenvalue weighted by atomic mass is 9.98. The number of aliphatic hydroxyl groups excluding tert-OH is 1. The van der Waals surface area contributed by atoms with Crippen LogP contribution in [0.15, 0.2) is 60.7 Å². The van der Waals surface area contributed by atoms with Crippen LogP contribution >= 0.6 is 0 Å². The van der Waals surface area contributed by atoms with Gasteiger partial charge in [-0.2, -0.15) is 0 Å². The predicted molar refractivity (Wildman–Crippen MR) is 73.9 cm³/mol. The summed E-state index contributed by atoms with van der Waals surface area (Å²) < 4.78 is 0. The third-order valence-electron chi connectivity index (χ3n) is 2.83. The van der Waals surface area contributed by atoms with Crippen LogP contribution in [0.2, 0.25) is 0 Å². The Labute approximate surface area is 108 Å². The third kappa shape index (κ3) is 3.23. The molecule has 0 aromatic heterocycles. The summed E-state index contributed by atoms with van der Waals surface area (Å²) in [6.07, 6.45) is -0.539. The topological polar surface area (TPSA) is 20.2 Å². The summed E-state index contributed by atoms with van der Waals surface area (Å²) >= 11 is 0. The summed E-state index contributed by atoms with van der Waals surface area (Å²) in [6, 6.07) is 19.5. The lowest BCUT2D eigenvalue weighted by molar-refractivity contribution is 0.143. The molecule has 0 spiro atoms. The van der Waals surface area contributed by atoms with E-state index in [4.69, 9.17) is 0 Å². The average molecular weight is 236 g/mol. The molecule has 0 heterocycles. The Morgan fingerprint density at radius 2 is 1.44 bits per heavy atom. The largest absolute Gasteiger partial charge is 0.387 e. The third-order valence-corrected chi connectivity index (χ3v) is 2.83. The van der Waals surface area contributed by atoms with Gasteiger partial charge in [-0.25, -0.2) is 0 Å². The van der Waals surface area contributed by atoms with Crippen molar-refractivity contribution in [3.05, 3.63) is 71.8 Å². The van der Waals surface area contributed by atoms with Gasteiger partial charge in [0.25, 0.3) is 0 Å². The highest BCUT2D eigenvalue weighted by Gasteiger charge is 2.13. The standard InChI is InChI=1S/C17H16O/c1-14(12-13-15-8-4-2-5-9-15)17(18)16-10-6-3-7-11-16/h2-11,14,17-18H,1H3/t14-,17-/m0/s1. The maximum atomic E-state index is 10.2. The molecule has 0 amide bonds. The quantitative estimate of drug-likeness (QED) is 0.792. The number of benzene rings is 2. The smallest absolute Gasteiger partial charge is 0.0924 e. The highest BCUT2D eigenvalue weighted by Crippen LogP contribution is 2.20.